The number of ether oxygens (including phenoxy) is 2. The van der Waals surface area contributed by atoms with Crippen molar-refractivity contribution in [2.75, 3.05) is 35.4 Å². The summed E-state index contributed by atoms with van der Waals surface area (Å²) in [4.78, 5) is 28.2. The van der Waals surface area contributed by atoms with Crippen molar-refractivity contribution in [1.29, 1.82) is 0 Å². The summed E-state index contributed by atoms with van der Waals surface area (Å²) >= 11 is 0. The maximum absolute atomic E-state index is 13.6. The Kier molecular flexibility index (Phi) is 8.75. The topological polar surface area (TPSA) is 105 Å². The molecule has 232 valence electrons. The standard InChI is InChI=1S/C35H35N3O6S/c1-25-22-28(45(41,42)38-21-9-13-27-12-5-6-14-29(27)38)17-18-31(25)43-24-34(39)37-23-33(44-32-16-8-7-15-30(32)37)35(40)36-20-19-26-10-3-2-4-11-26/h2-8,10-12,14-18,22,33H,9,13,19-21,23-24H2,1H3,(H,36,40)/t33-/m1/s1. The predicted octanol–water partition coefficient (Wildman–Crippen LogP) is 4.67. The summed E-state index contributed by atoms with van der Waals surface area (Å²) in [6, 6.07) is 29.2. The summed E-state index contributed by atoms with van der Waals surface area (Å²) in [6.45, 7) is 2.34. The summed E-state index contributed by atoms with van der Waals surface area (Å²) in [5.41, 5.74) is 3.98. The van der Waals surface area contributed by atoms with Crippen LogP contribution in [0.4, 0.5) is 11.4 Å². The van der Waals surface area contributed by atoms with Crippen LogP contribution in [0.2, 0.25) is 0 Å². The molecule has 4 aromatic rings. The van der Waals surface area contributed by atoms with Gasteiger partial charge in [0.1, 0.15) is 11.5 Å². The van der Waals surface area contributed by atoms with Crippen molar-refractivity contribution in [3.63, 3.8) is 0 Å². The molecule has 2 heterocycles. The lowest BCUT2D eigenvalue weighted by Crippen LogP contribution is -2.52. The maximum atomic E-state index is 13.6. The molecular formula is C35H35N3O6S. The second kappa shape index (κ2) is 13.0. The van der Waals surface area contributed by atoms with Gasteiger partial charge in [-0.05, 0) is 79.3 Å². The number of amides is 2. The van der Waals surface area contributed by atoms with Crippen LogP contribution in [0.25, 0.3) is 0 Å². The molecule has 9 nitrogen and oxygen atoms in total. The van der Waals surface area contributed by atoms with Crippen molar-refractivity contribution in [3.8, 4) is 11.5 Å². The SMILES string of the molecule is Cc1cc(S(=O)(=O)N2CCCc3ccccc32)ccc1OCC(=O)N1C[C@H](C(=O)NCCc2ccccc2)Oc2ccccc21. The second-order valence-electron chi connectivity index (χ2n) is 11.1. The number of hydrogen-bond acceptors (Lipinski definition) is 6. The number of hydrogen-bond donors (Lipinski definition) is 1. The molecule has 10 heteroatoms. The molecule has 0 aliphatic carbocycles. The highest BCUT2D eigenvalue weighted by Crippen LogP contribution is 2.35. The van der Waals surface area contributed by atoms with Crippen molar-refractivity contribution >= 4 is 33.2 Å². The molecule has 2 amide bonds. The van der Waals surface area contributed by atoms with Gasteiger partial charge >= 0.3 is 0 Å². The zero-order chi connectivity index (χ0) is 31.4. The van der Waals surface area contributed by atoms with E-state index in [9.17, 15) is 18.0 Å². The Balaban J connectivity index is 1.12. The van der Waals surface area contributed by atoms with E-state index in [4.69, 9.17) is 9.47 Å². The van der Waals surface area contributed by atoms with Gasteiger partial charge in [-0.25, -0.2) is 8.42 Å². The molecule has 0 saturated heterocycles. The van der Waals surface area contributed by atoms with Crippen molar-refractivity contribution < 1.29 is 27.5 Å². The minimum Gasteiger partial charge on any atom is -0.483 e. The van der Waals surface area contributed by atoms with E-state index < -0.39 is 16.1 Å². The molecule has 0 bridgehead atoms. The van der Waals surface area contributed by atoms with Crippen LogP contribution >= 0.6 is 0 Å². The third-order valence-corrected chi connectivity index (χ3v) is 9.89. The monoisotopic (exact) mass is 625 g/mol. The van der Waals surface area contributed by atoms with Crippen LogP contribution in [0, 0.1) is 6.92 Å². The number of sulfonamides is 1. The van der Waals surface area contributed by atoms with E-state index in [-0.39, 0.29) is 29.9 Å². The van der Waals surface area contributed by atoms with Crippen LogP contribution in [-0.4, -0.2) is 52.6 Å². The van der Waals surface area contributed by atoms with E-state index in [0.29, 0.717) is 47.9 Å². The Morgan fingerprint density at radius 2 is 1.67 bits per heavy atom. The van der Waals surface area contributed by atoms with Gasteiger partial charge in [0, 0.05) is 13.1 Å². The highest BCUT2D eigenvalue weighted by atomic mass is 32.2. The first-order chi connectivity index (χ1) is 21.8. The molecule has 45 heavy (non-hydrogen) atoms. The van der Waals surface area contributed by atoms with Gasteiger partial charge in [0.05, 0.1) is 22.8 Å². The predicted molar refractivity (Wildman–Crippen MR) is 172 cm³/mol. The summed E-state index contributed by atoms with van der Waals surface area (Å²) in [6.07, 6.45) is 1.39. The molecule has 0 fully saturated rings. The molecule has 2 aliphatic heterocycles. The van der Waals surface area contributed by atoms with Crippen LogP contribution in [-0.2, 0) is 32.5 Å². The summed E-state index contributed by atoms with van der Waals surface area (Å²) in [5.74, 6) is 0.181. The number of benzene rings is 4. The summed E-state index contributed by atoms with van der Waals surface area (Å²) in [5, 5.41) is 2.92. The largest absolute Gasteiger partial charge is 0.483 e. The zero-order valence-corrected chi connectivity index (χ0v) is 25.8. The van der Waals surface area contributed by atoms with E-state index in [1.54, 1.807) is 43.3 Å². The summed E-state index contributed by atoms with van der Waals surface area (Å²) in [7, 11) is -3.78. The lowest BCUT2D eigenvalue weighted by Gasteiger charge is -2.34. The van der Waals surface area contributed by atoms with Crippen LogP contribution in [0.15, 0.2) is 102 Å². The summed E-state index contributed by atoms with van der Waals surface area (Å²) < 4.78 is 40.6. The number of anilines is 2. The number of para-hydroxylation sites is 3. The minimum absolute atomic E-state index is 0.0316. The fourth-order valence-electron chi connectivity index (χ4n) is 5.73. The van der Waals surface area contributed by atoms with Crippen molar-refractivity contribution in [3.05, 3.63) is 114 Å². The lowest BCUT2D eigenvalue weighted by atomic mass is 10.0. The van der Waals surface area contributed by atoms with E-state index in [1.165, 1.54) is 15.3 Å². The van der Waals surface area contributed by atoms with Gasteiger partial charge in [-0.3, -0.25) is 13.9 Å². The third-order valence-electron chi connectivity index (χ3n) is 8.08. The van der Waals surface area contributed by atoms with Gasteiger partial charge in [0.25, 0.3) is 21.8 Å². The van der Waals surface area contributed by atoms with Crippen LogP contribution in [0.1, 0.15) is 23.1 Å². The average Bonchev–Trinajstić information content (AvgIpc) is 3.07. The average molecular weight is 626 g/mol. The van der Waals surface area contributed by atoms with Crippen molar-refractivity contribution in [2.45, 2.75) is 37.2 Å². The van der Waals surface area contributed by atoms with Crippen LogP contribution < -0.4 is 24.0 Å². The van der Waals surface area contributed by atoms with E-state index in [2.05, 4.69) is 5.32 Å². The number of nitrogens with one attached hydrogen (secondary N) is 1. The number of carbonyl (C=O) groups excluding carboxylic acids is 2. The number of nitrogens with zero attached hydrogens (tertiary/aromatic N) is 2. The van der Waals surface area contributed by atoms with Crippen LogP contribution in [0.5, 0.6) is 11.5 Å². The first-order valence-corrected chi connectivity index (χ1v) is 16.5. The second-order valence-corrected chi connectivity index (χ2v) is 13.0. The van der Waals surface area contributed by atoms with Gasteiger partial charge in [-0.1, -0.05) is 60.7 Å². The molecule has 2 aliphatic rings. The smallest absolute Gasteiger partial charge is 0.265 e. The maximum Gasteiger partial charge on any atom is 0.265 e. The molecule has 1 atom stereocenters. The molecule has 0 aromatic heterocycles. The first kappa shape index (κ1) is 30.2. The Labute approximate surface area is 263 Å². The van der Waals surface area contributed by atoms with Gasteiger partial charge in [-0.15, -0.1) is 0 Å². The van der Waals surface area contributed by atoms with E-state index >= 15 is 0 Å². The molecule has 0 unspecified atom stereocenters. The fourth-order valence-corrected chi connectivity index (χ4v) is 7.36. The highest BCUT2D eigenvalue weighted by molar-refractivity contribution is 7.92. The van der Waals surface area contributed by atoms with Gasteiger partial charge in [0.2, 0.25) is 0 Å². The Morgan fingerprint density at radius 3 is 2.47 bits per heavy atom. The molecule has 0 saturated carbocycles. The highest BCUT2D eigenvalue weighted by Gasteiger charge is 2.34. The van der Waals surface area contributed by atoms with Gasteiger partial charge in [-0.2, -0.15) is 0 Å². The van der Waals surface area contributed by atoms with Gasteiger partial charge in [0.15, 0.2) is 12.7 Å². The quantitative estimate of drug-likeness (QED) is 0.290. The van der Waals surface area contributed by atoms with Gasteiger partial charge < -0.3 is 19.7 Å². The molecule has 0 radical (unpaired) electrons. The molecular weight excluding hydrogens is 590 g/mol. The number of carbonyl (C=O) groups is 2. The molecule has 0 spiro atoms. The Bertz CT molecular complexity index is 1810. The third kappa shape index (κ3) is 6.51. The van der Waals surface area contributed by atoms with Crippen molar-refractivity contribution in [2.24, 2.45) is 0 Å². The number of aryl methyl sites for hydroxylation is 2. The van der Waals surface area contributed by atoms with Crippen LogP contribution in [0.3, 0.4) is 0 Å². The number of rotatable bonds is 9. The first-order valence-electron chi connectivity index (χ1n) is 15.0. The Hall–Kier alpha value is -4.83. The molecule has 1 N–H and O–H groups in total. The normalized spacial score (nSPS) is 15.8. The van der Waals surface area contributed by atoms with E-state index in [0.717, 1.165) is 24.0 Å². The number of fused-ring (bicyclic) bond motifs is 2. The van der Waals surface area contributed by atoms with Crippen molar-refractivity contribution in [1.82, 2.24) is 5.32 Å². The minimum atomic E-state index is -3.78. The molecule has 4 aromatic carbocycles. The Morgan fingerprint density at radius 1 is 0.933 bits per heavy atom. The fraction of sp³-hybridized carbons (Fsp3) is 0.257. The zero-order valence-electron chi connectivity index (χ0n) is 25.0. The molecule has 6 rings (SSSR count). The lowest BCUT2D eigenvalue weighted by molar-refractivity contribution is -0.128. The van der Waals surface area contributed by atoms with E-state index in [1.807, 2.05) is 54.6 Å².